The molecular formula is C17H19N2S+. The molecule has 0 unspecified atom stereocenters. The molecule has 0 radical (unpaired) electrons. The number of fused-ring (bicyclic) bond motifs is 2. The second kappa shape index (κ2) is 4.91. The first-order valence-electron chi connectivity index (χ1n) is 6.70. The molecule has 0 bridgehead atoms. The van der Waals surface area contributed by atoms with Gasteiger partial charge < -0.3 is 4.90 Å². The predicted molar refractivity (Wildman–Crippen MR) is 89.9 cm³/mol. The Morgan fingerprint density at radius 1 is 0.950 bits per heavy atom. The zero-order valence-corrected chi connectivity index (χ0v) is 13.2. The van der Waals surface area contributed by atoms with Crippen LogP contribution in [0.5, 0.6) is 0 Å². The number of hydrogen-bond donors (Lipinski definition) is 0. The first kappa shape index (κ1) is 13.1. The van der Waals surface area contributed by atoms with E-state index in [4.69, 9.17) is 0 Å². The monoisotopic (exact) mass is 283 g/mol. The molecule has 0 saturated carbocycles. The van der Waals surface area contributed by atoms with Crippen molar-refractivity contribution >= 4 is 27.1 Å². The lowest BCUT2D eigenvalue weighted by Gasteiger charge is -2.14. The van der Waals surface area contributed by atoms with E-state index in [9.17, 15) is 0 Å². The zero-order chi connectivity index (χ0) is 14.3. The zero-order valence-electron chi connectivity index (χ0n) is 12.3. The first-order chi connectivity index (χ1) is 9.54. The SMILES string of the molecule is CN(C)c1ccc2cc3ccc(=[N+](C)C)cc-3sc2c1. The number of anilines is 1. The lowest BCUT2D eigenvalue weighted by molar-refractivity contribution is 0.814. The van der Waals surface area contributed by atoms with Crippen LogP contribution in [-0.4, -0.2) is 28.2 Å². The van der Waals surface area contributed by atoms with E-state index in [1.807, 2.05) is 11.3 Å². The quantitative estimate of drug-likeness (QED) is 0.491. The van der Waals surface area contributed by atoms with Crippen LogP contribution >= 0.6 is 11.3 Å². The van der Waals surface area contributed by atoms with Gasteiger partial charge in [-0.3, -0.25) is 0 Å². The summed E-state index contributed by atoms with van der Waals surface area (Å²) in [5.74, 6) is 0. The van der Waals surface area contributed by atoms with Crippen LogP contribution in [0.15, 0.2) is 42.5 Å². The summed E-state index contributed by atoms with van der Waals surface area (Å²) in [5.41, 5.74) is 2.56. The molecule has 2 nitrogen and oxygen atoms in total. The van der Waals surface area contributed by atoms with Crippen LogP contribution in [0.25, 0.3) is 20.5 Å². The van der Waals surface area contributed by atoms with Gasteiger partial charge in [-0.05, 0) is 35.2 Å². The number of hydrogen-bond acceptors (Lipinski definition) is 2. The number of rotatable bonds is 1. The molecule has 1 aliphatic carbocycles. The molecule has 2 aliphatic rings. The second-order valence-electron chi connectivity index (χ2n) is 5.48. The molecule has 1 aromatic rings. The van der Waals surface area contributed by atoms with Crippen molar-refractivity contribution in [2.45, 2.75) is 0 Å². The van der Waals surface area contributed by atoms with Crippen LogP contribution in [0.3, 0.4) is 0 Å². The Labute approximate surface area is 123 Å². The maximum atomic E-state index is 2.28. The molecule has 20 heavy (non-hydrogen) atoms. The highest BCUT2D eigenvalue weighted by molar-refractivity contribution is 7.21. The molecule has 102 valence electrons. The van der Waals surface area contributed by atoms with E-state index in [0.717, 1.165) is 0 Å². The van der Waals surface area contributed by atoms with Gasteiger partial charge in [0.05, 0.1) is 0 Å². The number of benzene rings is 2. The molecule has 0 aromatic heterocycles. The summed E-state index contributed by atoms with van der Waals surface area (Å²) >= 11 is 1.86. The topological polar surface area (TPSA) is 6.25 Å². The van der Waals surface area contributed by atoms with Gasteiger partial charge in [-0.25, -0.2) is 4.58 Å². The van der Waals surface area contributed by atoms with Gasteiger partial charge >= 0.3 is 0 Å². The van der Waals surface area contributed by atoms with Crippen LogP contribution in [-0.2, 0) is 0 Å². The second-order valence-corrected chi connectivity index (χ2v) is 6.56. The van der Waals surface area contributed by atoms with E-state index in [2.05, 4.69) is 80.1 Å². The largest absolute Gasteiger partial charge is 0.378 e. The average molecular weight is 283 g/mol. The van der Waals surface area contributed by atoms with Gasteiger partial charge in [-0.1, -0.05) is 6.07 Å². The van der Waals surface area contributed by atoms with Gasteiger partial charge in [-0.15, -0.1) is 11.3 Å². The van der Waals surface area contributed by atoms with Crippen molar-refractivity contribution in [1.29, 1.82) is 0 Å². The summed E-state index contributed by atoms with van der Waals surface area (Å²) in [4.78, 5) is 3.48. The maximum Gasteiger partial charge on any atom is 0.200 e. The third-order valence-corrected chi connectivity index (χ3v) is 4.70. The smallest absolute Gasteiger partial charge is 0.200 e. The number of nitrogens with zero attached hydrogens (tertiary/aromatic N) is 2. The average Bonchev–Trinajstić information content (AvgIpc) is 2.43. The minimum absolute atomic E-state index is 1.25. The summed E-state index contributed by atoms with van der Waals surface area (Å²) in [6.07, 6.45) is 0. The summed E-state index contributed by atoms with van der Waals surface area (Å²) < 4.78 is 3.48. The van der Waals surface area contributed by atoms with E-state index in [0.29, 0.717) is 0 Å². The van der Waals surface area contributed by atoms with Gasteiger partial charge in [0.1, 0.15) is 14.1 Å². The van der Waals surface area contributed by atoms with Crippen LogP contribution < -0.4 is 14.8 Å². The van der Waals surface area contributed by atoms with E-state index >= 15 is 0 Å². The van der Waals surface area contributed by atoms with E-state index in [1.165, 1.54) is 31.6 Å². The summed E-state index contributed by atoms with van der Waals surface area (Å²) in [6.45, 7) is 0. The van der Waals surface area contributed by atoms with Gasteiger partial charge in [-0.2, -0.15) is 0 Å². The molecule has 1 aromatic carbocycles. The predicted octanol–water partition coefficient (Wildman–Crippen LogP) is 3.10. The van der Waals surface area contributed by atoms with Gasteiger partial charge in [0.25, 0.3) is 0 Å². The van der Waals surface area contributed by atoms with Crippen molar-refractivity contribution in [1.82, 2.24) is 4.58 Å². The summed E-state index contributed by atoms with van der Waals surface area (Å²) in [7, 11) is 8.32. The van der Waals surface area contributed by atoms with Crippen LogP contribution in [0.2, 0.25) is 0 Å². The fourth-order valence-corrected chi connectivity index (χ4v) is 3.39. The normalized spacial score (nSPS) is 11.0. The molecule has 0 atom stereocenters. The maximum absolute atomic E-state index is 2.28. The Balaban J connectivity index is 2.31. The van der Waals surface area contributed by atoms with Gasteiger partial charge in [0, 0.05) is 41.5 Å². The highest BCUT2D eigenvalue weighted by Crippen LogP contribution is 2.33. The summed E-state index contributed by atoms with van der Waals surface area (Å²) in [5, 5.41) is 2.56. The summed E-state index contributed by atoms with van der Waals surface area (Å²) in [6, 6.07) is 15.6. The Morgan fingerprint density at radius 3 is 2.45 bits per heavy atom. The van der Waals surface area contributed by atoms with E-state index in [1.54, 1.807) is 0 Å². The van der Waals surface area contributed by atoms with Crippen molar-refractivity contribution in [3.8, 4) is 10.4 Å². The third-order valence-electron chi connectivity index (χ3n) is 3.56. The van der Waals surface area contributed by atoms with Gasteiger partial charge in [0.15, 0.2) is 0 Å². The molecule has 0 fully saturated rings. The molecule has 0 N–H and O–H groups in total. The van der Waals surface area contributed by atoms with Crippen LogP contribution in [0.4, 0.5) is 5.69 Å². The molecule has 1 heterocycles. The molecule has 3 rings (SSSR count). The van der Waals surface area contributed by atoms with Crippen molar-refractivity contribution in [3.63, 3.8) is 0 Å². The van der Waals surface area contributed by atoms with Crippen molar-refractivity contribution in [3.05, 3.63) is 47.8 Å². The lowest BCUT2D eigenvalue weighted by Crippen LogP contribution is -2.20. The molecule has 1 aliphatic heterocycles. The van der Waals surface area contributed by atoms with E-state index in [-0.39, 0.29) is 0 Å². The van der Waals surface area contributed by atoms with Crippen LogP contribution in [0, 0.1) is 0 Å². The molecular weight excluding hydrogens is 264 g/mol. The molecule has 0 amide bonds. The highest BCUT2D eigenvalue weighted by Gasteiger charge is 2.08. The van der Waals surface area contributed by atoms with Gasteiger partial charge in [0.2, 0.25) is 5.36 Å². The fourth-order valence-electron chi connectivity index (χ4n) is 2.30. The molecule has 0 saturated heterocycles. The van der Waals surface area contributed by atoms with Crippen molar-refractivity contribution in [2.24, 2.45) is 0 Å². The minimum Gasteiger partial charge on any atom is -0.378 e. The van der Waals surface area contributed by atoms with Crippen molar-refractivity contribution in [2.75, 3.05) is 33.1 Å². The molecule has 3 heteroatoms. The van der Waals surface area contributed by atoms with Crippen LogP contribution in [0.1, 0.15) is 0 Å². The Morgan fingerprint density at radius 2 is 1.75 bits per heavy atom. The van der Waals surface area contributed by atoms with Crippen molar-refractivity contribution < 1.29 is 0 Å². The minimum atomic E-state index is 1.25. The van der Waals surface area contributed by atoms with E-state index < -0.39 is 0 Å². The standard InChI is InChI=1S/C17H19N2S/c1-18(2)14-7-5-12-9-13-6-8-15(19(3)4)11-17(13)20-16(12)10-14/h5-11H,1-4H3/q+1. The fraction of sp³-hybridized carbons (Fsp3) is 0.235. The lowest BCUT2D eigenvalue weighted by atomic mass is 10.1. The Bertz CT molecular complexity index is 811. The highest BCUT2D eigenvalue weighted by atomic mass is 32.1. The first-order valence-corrected chi connectivity index (χ1v) is 7.51. The molecule has 0 spiro atoms. The Kier molecular flexibility index (Phi) is 3.22. The Hall–Kier alpha value is -1.87. The third kappa shape index (κ3) is 2.29.